The monoisotopic (exact) mass is 333 g/mol. The number of amides is 2. The van der Waals surface area contributed by atoms with Crippen molar-refractivity contribution >= 4 is 29.1 Å². The van der Waals surface area contributed by atoms with Gasteiger partial charge in [0.25, 0.3) is 0 Å². The third-order valence-electron chi connectivity index (χ3n) is 2.24. The molecule has 0 saturated heterocycles. The molecule has 2 amide bonds. The van der Waals surface area contributed by atoms with E-state index in [-0.39, 0.29) is 0 Å². The van der Waals surface area contributed by atoms with Crippen LogP contribution in [0.4, 0.5) is 32.0 Å². The zero-order valence-electron chi connectivity index (χ0n) is 10.1. The lowest BCUT2D eigenvalue weighted by atomic mass is 10.2. The smallest absolute Gasteiger partial charge is 0.263 e. The molecule has 0 heterocycles. The van der Waals surface area contributed by atoms with Crippen molar-refractivity contribution in [3.63, 3.8) is 0 Å². The Morgan fingerprint density at radius 2 is 1.43 bits per heavy atom. The lowest BCUT2D eigenvalue weighted by Crippen LogP contribution is -2.50. The maximum absolute atomic E-state index is 12.4. The van der Waals surface area contributed by atoms with E-state index in [4.69, 9.17) is 11.6 Å². The Hall–Kier alpha value is -1.77. The topological polar surface area (TPSA) is 37.4 Å². The number of imide groups is 1. The molecule has 3 nitrogen and oxygen atoms in total. The van der Waals surface area contributed by atoms with Crippen molar-refractivity contribution in [3.8, 4) is 0 Å². The van der Waals surface area contributed by atoms with Gasteiger partial charge in [-0.2, -0.15) is 26.3 Å². The summed E-state index contributed by atoms with van der Waals surface area (Å²) < 4.78 is 74.3. The van der Waals surface area contributed by atoms with Crippen LogP contribution < -0.4 is 4.90 Å². The first-order valence-electron chi connectivity index (χ1n) is 5.14. The number of anilines is 1. The fraction of sp³-hybridized carbons (Fsp3) is 0.273. The number of rotatable bonds is 1. The normalized spacial score (nSPS) is 12.2. The van der Waals surface area contributed by atoms with Crippen LogP contribution in [-0.2, 0) is 9.59 Å². The summed E-state index contributed by atoms with van der Waals surface area (Å²) in [5.74, 6) is -5.95. The van der Waals surface area contributed by atoms with Crippen LogP contribution >= 0.6 is 11.6 Å². The molecular weight excluding hydrogens is 328 g/mol. The lowest BCUT2D eigenvalue weighted by Gasteiger charge is -2.23. The second-order valence-corrected chi connectivity index (χ2v) is 4.30. The third-order valence-corrected chi connectivity index (χ3v) is 2.54. The predicted octanol–water partition coefficient (Wildman–Crippen LogP) is 3.63. The molecule has 1 rings (SSSR count). The van der Waals surface area contributed by atoms with E-state index < -0.39 is 39.8 Å². The van der Waals surface area contributed by atoms with Gasteiger partial charge in [-0.15, -0.1) is 0 Å². The first-order chi connectivity index (χ1) is 9.35. The molecule has 1 aromatic carbocycles. The van der Waals surface area contributed by atoms with E-state index in [1.165, 1.54) is 6.92 Å². The minimum Gasteiger partial charge on any atom is -0.263 e. The van der Waals surface area contributed by atoms with Gasteiger partial charge in [-0.1, -0.05) is 17.7 Å². The van der Waals surface area contributed by atoms with Gasteiger partial charge in [-0.05, 0) is 24.6 Å². The Kier molecular flexibility index (Phi) is 4.57. The zero-order valence-corrected chi connectivity index (χ0v) is 10.9. The molecular formula is C11H6ClF6NO2. The van der Waals surface area contributed by atoms with Crippen molar-refractivity contribution in [1.29, 1.82) is 0 Å². The van der Waals surface area contributed by atoms with E-state index >= 15 is 0 Å². The van der Waals surface area contributed by atoms with Gasteiger partial charge in [0.1, 0.15) is 0 Å². The molecule has 0 unspecified atom stereocenters. The predicted molar refractivity (Wildman–Crippen MR) is 60.8 cm³/mol. The van der Waals surface area contributed by atoms with Crippen molar-refractivity contribution in [2.45, 2.75) is 19.3 Å². The average molecular weight is 334 g/mol. The maximum Gasteiger partial charge on any atom is 0.472 e. The van der Waals surface area contributed by atoms with E-state index in [0.717, 1.165) is 18.2 Å². The molecule has 116 valence electrons. The highest BCUT2D eigenvalue weighted by atomic mass is 35.5. The fourth-order valence-corrected chi connectivity index (χ4v) is 1.68. The molecule has 0 spiro atoms. The molecule has 10 heteroatoms. The average Bonchev–Trinajstić information content (AvgIpc) is 2.29. The highest BCUT2D eigenvalue weighted by molar-refractivity contribution is 6.35. The van der Waals surface area contributed by atoms with Crippen LogP contribution in [0.25, 0.3) is 0 Å². The van der Waals surface area contributed by atoms with Crippen molar-refractivity contribution in [2.24, 2.45) is 0 Å². The Morgan fingerprint density at radius 1 is 1.00 bits per heavy atom. The van der Waals surface area contributed by atoms with Crippen LogP contribution in [-0.4, -0.2) is 24.2 Å². The van der Waals surface area contributed by atoms with Crippen LogP contribution in [0, 0.1) is 6.92 Å². The number of aryl methyl sites for hydroxylation is 1. The number of hydrogen-bond donors (Lipinski definition) is 0. The van der Waals surface area contributed by atoms with Gasteiger partial charge < -0.3 is 0 Å². The van der Waals surface area contributed by atoms with Gasteiger partial charge in [0.05, 0.1) is 10.7 Å². The van der Waals surface area contributed by atoms with Crippen LogP contribution in [0.3, 0.4) is 0 Å². The SMILES string of the molecule is Cc1ccc(N(C(=O)C(F)(F)F)C(=O)C(F)(F)F)c(Cl)c1. The van der Waals surface area contributed by atoms with Crippen LogP contribution in [0.2, 0.25) is 5.02 Å². The quantitative estimate of drug-likeness (QED) is 0.736. The molecule has 0 fully saturated rings. The van der Waals surface area contributed by atoms with Crippen LogP contribution in [0.5, 0.6) is 0 Å². The highest BCUT2D eigenvalue weighted by Crippen LogP contribution is 2.33. The number of carbonyl (C=O) groups excluding carboxylic acids is 2. The minimum atomic E-state index is -5.67. The molecule has 0 aliphatic heterocycles. The Labute approximate surface area is 119 Å². The molecule has 0 radical (unpaired) electrons. The summed E-state index contributed by atoms with van der Waals surface area (Å²) in [6.07, 6.45) is -11.3. The Morgan fingerprint density at radius 3 is 1.76 bits per heavy atom. The van der Waals surface area contributed by atoms with Crippen molar-refractivity contribution in [2.75, 3.05) is 4.90 Å². The fourth-order valence-electron chi connectivity index (χ4n) is 1.36. The van der Waals surface area contributed by atoms with Gasteiger partial charge in [0, 0.05) is 0 Å². The van der Waals surface area contributed by atoms with Crippen molar-refractivity contribution in [3.05, 3.63) is 28.8 Å². The highest BCUT2D eigenvalue weighted by Gasteiger charge is 2.53. The van der Waals surface area contributed by atoms with Crippen LogP contribution in [0.1, 0.15) is 5.56 Å². The van der Waals surface area contributed by atoms with Gasteiger partial charge >= 0.3 is 24.2 Å². The molecule has 0 saturated carbocycles. The first kappa shape index (κ1) is 17.3. The number of carbonyl (C=O) groups is 2. The second kappa shape index (κ2) is 5.55. The zero-order chi connectivity index (χ0) is 16.6. The molecule has 1 aromatic rings. The third kappa shape index (κ3) is 3.87. The maximum atomic E-state index is 12.4. The second-order valence-electron chi connectivity index (χ2n) is 3.90. The van der Waals surface area contributed by atoms with E-state index in [9.17, 15) is 35.9 Å². The minimum absolute atomic E-state index is 0.419. The number of alkyl halides is 6. The number of hydrogen-bond acceptors (Lipinski definition) is 2. The van der Waals surface area contributed by atoms with Gasteiger partial charge in [-0.25, -0.2) is 4.90 Å². The summed E-state index contributed by atoms with van der Waals surface area (Å²) in [5, 5.41) is -0.592. The van der Waals surface area contributed by atoms with E-state index in [0.29, 0.717) is 5.56 Å². The summed E-state index contributed by atoms with van der Waals surface area (Å²) in [6, 6.07) is 2.86. The number of nitrogens with zero attached hydrogens (tertiary/aromatic N) is 1. The molecule has 21 heavy (non-hydrogen) atoms. The summed E-state index contributed by atoms with van der Waals surface area (Å²) in [5.41, 5.74) is -0.575. The largest absolute Gasteiger partial charge is 0.472 e. The van der Waals surface area contributed by atoms with E-state index in [1.54, 1.807) is 0 Å². The standard InChI is InChI=1S/C11H6ClF6NO2/c1-5-2-3-7(6(12)4-5)19(8(20)10(13,14)15)9(21)11(16,17)18/h2-4H,1H3. The molecule has 0 aliphatic rings. The molecule has 0 bridgehead atoms. The lowest BCUT2D eigenvalue weighted by molar-refractivity contribution is -0.181. The number of benzene rings is 1. The van der Waals surface area contributed by atoms with Crippen molar-refractivity contribution < 1.29 is 35.9 Å². The Bertz CT molecular complexity index is 555. The van der Waals surface area contributed by atoms with E-state index in [1.807, 2.05) is 0 Å². The molecule has 0 aromatic heterocycles. The molecule has 0 atom stereocenters. The Balaban J connectivity index is 3.46. The summed E-state index contributed by atoms with van der Waals surface area (Å²) in [4.78, 5) is 21.2. The first-order valence-corrected chi connectivity index (χ1v) is 5.52. The molecule has 0 aliphatic carbocycles. The van der Waals surface area contributed by atoms with E-state index in [2.05, 4.69) is 0 Å². The number of halogens is 7. The van der Waals surface area contributed by atoms with Gasteiger partial charge in [0.15, 0.2) is 0 Å². The van der Waals surface area contributed by atoms with Crippen molar-refractivity contribution in [1.82, 2.24) is 0 Å². The summed E-state index contributed by atoms with van der Waals surface area (Å²) in [6.45, 7) is 1.47. The van der Waals surface area contributed by atoms with Gasteiger partial charge in [-0.3, -0.25) is 9.59 Å². The van der Waals surface area contributed by atoms with Gasteiger partial charge in [0.2, 0.25) is 0 Å². The van der Waals surface area contributed by atoms with Crippen LogP contribution in [0.15, 0.2) is 18.2 Å². The summed E-state index contributed by atoms with van der Waals surface area (Å²) >= 11 is 5.53. The summed E-state index contributed by atoms with van der Waals surface area (Å²) in [7, 11) is 0. The molecule has 0 N–H and O–H groups in total.